The standard InChI is InChI=1S/C11H11N5O3/c1-7-3-2-4-12-10(7)13-11(19)8-5-16(15-14-8)6-9(17)18/h2-5H,6H2,1H3,(H,17,18)(H,12,13,19). The number of nitrogens with one attached hydrogen (secondary N) is 1. The molecule has 0 aliphatic heterocycles. The Morgan fingerprint density at radius 3 is 2.95 bits per heavy atom. The average molecular weight is 261 g/mol. The van der Waals surface area contributed by atoms with Gasteiger partial charge < -0.3 is 10.4 Å². The second-order valence-electron chi connectivity index (χ2n) is 3.82. The highest BCUT2D eigenvalue weighted by Crippen LogP contribution is 2.10. The van der Waals surface area contributed by atoms with E-state index >= 15 is 0 Å². The number of anilines is 1. The van der Waals surface area contributed by atoms with Crippen molar-refractivity contribution in [2.75, 3.05) is 5.32 Å². The summed E-state index contributed by atoms with van der Waals surface area (Å²) in [5, 5.41) is 18.3. The third kappa shape index (κ3) is 3.12. The Hall–Kier alpha value is -2.77. The second kappa shape index (κ2) is 5.25. The Morgan fingerprint density at radius 1 is 1.47 bits per heavy atom. The van der Waals surface area contributed by atoms with Crippen LogP contribution in [0.25, 0.3) is 0 Å². The maximum atomic E-state index is 11.9. The Bertz CT molecular complexity index is 622. The van der Waals surface area contributed by atoms with Gasteiger partial charge in [-0.15, -0.1) is 5.10 Å². The number of carboxylic acid groups (broad SMARTS) is 1. The lowest BCUT2D eigenvalue weighted by Gasteiger charge is -2.04. The topological polar surface area (TPSA) is 110 Å². The Labute approximate surface area is 108 Å². The molecule has 0 bridgehead atoms. The fourth-order valence-corrected chi connectivity index (χ4v) is 1.41. The molecular weight excluding hydrogens is 250 g/mol. The molecule has 2 N–H and O–H groups in total. The molecule has 0 atom stereocenters. The van der Waals surface area contributed by atoms with E-state index in [1.807, 2.05) is 13.0 Å². The van der Waals surface area contributed by atoms with Crippen LogP contribution in [0.2, 0.25) is 0 Å². The molecule has 2 rings (SSSR count). The van der Waals surface area contributed by atoms with Gasteiger partial charge in [-0.25, -0.2) is 9.67 Å². The van der Waals surface area contributed by atoms with Crippen LogP contribution in [0.3, 0.4) is 0 Å². The zero-order valence-electron chi connectivity index (χ0n) is 10.1. The lowest BCUT2D eigenvalue weighted by Crippen LogP contribution is -2.14. The summed E-state index contributed by atoms with van der Waals surface area (Å²) in [4.78, 5) is 26.4. The molecule has 0 radical (unpaired) electrons. The number of amides is 1. The van der Waals surface area contributed by atoms with Crippen molar-refractivity contribution in [3.05, 3.63) is 35.8 Å². The van der Waals surface area contributed by atoms with Crippen molar-refractivity contribution in [3.8, 4) is 0 Å². The number of aryl methyl sites for hydroxylation is 1. The number of carbonyl (C=O) groups is 2. The lowest BCUT2D eigenvalue weighted by atomic mass is 10.3. The molecule has 98 valence electrons. The minimum absolute atomic E-state index is 0.0336. The van der Waals surface area contributed by atoms with Crippen molar-refractivity contribution in [1.29, 1.82) is 0 Å². The number of aromatic nitrogens is 4. The average Bonchev–Trinajstić information content (AvgIpc) is 2.79. The van der Waals surface area contributed by atoms with Gasteiger partial charge in [0.05, 0.1) is 6.20 Å². The molecule has 0 aliphatic carbocycles. The highest BCUT2D eigenvalue weighted by atomic mass is 16.4. The SMILES string of the molecule is Cc1cccnc1NC(=O)c1cn(CC(=O)O)nn1. The smallest absolute Gasteiger partial charge is 0.325 e. The second-order valence-corrected chi connectivity index (χ2v) is 3.82. The largest absolute Gasteiger partial charge is 0.480 e. The van der Waals surface area contributed by atoms with E-state index in [0.29, 0.717) is 5.82 Å². The van der Waals surface area contributed by atoms with E-state index in [9.17, 15) is 9.59 Å². The summed E-state index contributed by atoms with van der Waals surface area (Å²) in [6, 6.07) is 3.57. The molecule has 0 saturated heterocycles. The fraction of sp³-hybridized carbons (Fsp3) is 0.182. The van der Waals surface area contributed by atoms with E-state index in [-0.39, 0.29) is 12.2 Å². The Balaban J connectivity index is 2.10. The van der Waals surface area contributed by atoms with Crippen LogP contribution in [0.15, 0.2) is 24.5 Å². The van der Waals surface area contributed by atoms with Gasteiger partial charge in [-0.05, 0) is 18.6 Å². The molecular formula is C11H11N5O3. The molecule has 2 aromatic rings. The molecule has 1 amide bonds. The molecule has 0 fully saturated rings. The maximum absolute atomic E-state index is 11.9. The number of hydrogen-bond donors (Lipinski definition) is 2. The van der Waals surface area contributed by atoms with Crippen molar-refractivity contribution < 1.29 is 14.7 Å². The summed E-state index contributed by atoms with van der Waals surface area (Å²) in [6.07, 6.45) is 2.83. The molecule has 0 saturated carbocycles. The molecule has 0 unspecified atom stereocenters. The first-order valence-corrected chi connectivity index (χ1v) is 5.41. The van der Waals surface area contributed by atoms with Crippen molar-refractivity contribution >= 4 is 17.7 Å². The van der Waals surface area contributed by atoms with E-state index in [4.69, 9.17) is 5.11 Å². The third-order valence-electron chi connectivity index (χ3n) is 2.31. The minimum atomic E-state index is -1.06. The number of rotatable bonds is 4. The van der Waals surface area contributed by atoms with Crippen molar-refractivity contribution in [1.82, 2.24) is 20.0 Å². The molecule has 0 spiro atoms. The number of carbonyl (C=O) groups excluding carboxylic acids is 1. The monoisotopic (exact) mass is 261 g/mol. The zero-order valence-corrected chi connectivity index (χ0v) is 10.1. The van der Waals surface area contributed by atoms with Gasteiger partial charge in [0, 0.05) is 6.20 Å². The van der Waals surface area contributed by atoms with Gasteiger partial charge in [0.25, 0.3) is 5.91 Å². The van der Waals surface area contributed by atoms with Crippen LogP contribution in [0, 0.1) is 6.92 Å². The molecule has 0 aliphatic rings. The van der Waals surface area contributed by atoms with Gasteiger partial charge in [0.2, 0.25) is 0 Å². The molecule has 8 heteroatoms. The van der Waals surface area contributed by atoms with E-state index in [2.05, 4.69) is 20.6 Å². The van der Waals surface area contributed by atoms with Gasteiger partial charge in [-0.1, -0.05) is 11.3 Å². The third-order valence-corrected chi connectivity index (χ3v) is 2.31. The van der Waals surface area contributed by atoms with Crippen LogP contribution in [0.5, 0.6) is 0 Å². The van der Waals surface area contributed by atoms with Crippen LogP contribution >= 0.6 is 0 Å². The lowest BCUT2D eigenvalue weighted by molar-refractivity contribution is -0.137. The Kier molecular flexibility index (Phi) is 3.51. The fourth-order valence-electron chi connectivity index (χ4n) is 1.41. The maximum Gasteiger partial charge on any atom is 0.325 e. The van der Waals surface area contributed by atoms with Gasteiger partial charge >= 0.3 is 5.97 Å². The predicted octanol–water partition coefficient (Wildman–Crippen LogP) is 0.318. The minimum Gasteiger partial charge on any atom is -0.480 e. The number of pyridine rings is 1. The molecule has 2 aromatic heterocycles. The van der Waals surface area contributed by atoms with Crippen LogP contribution < -0.4 is 5.32 Å². The molecule has 0 aromatic carbocycles. The van der Waals surface area contributed by atoms with E-state index in [1.54, 1.807) is 12.3 Å². The number of hydrogen-bond acceptors (Lipinski definition) is 5. The highest BCUT2D eigenvalue weighted by Gasteiger charge is 2.13. The molecule has 19 heavy (non-hydrogen) atoms. The highest BCUT2D eigenvalue weighted by molar-refractivity contribution is 6.02. The van der Waals surface area contributed by atoms with Crippen molar-refractivity contribution in [2.24, 2.45) is 0 Å². The van der Waals surface area contributed by atoms with Crippen molar-refractivity contribution in [2.45, 2.75) is 13.5 Å². The van der Waals surface area contributed by atoms with E-state index in [0.717, 1.165) is 10.2 Å². The zero-order chi connectivity index (χ0) is 13.8. The van der Waals surface area contributed by atoms with Gasteiger partial charge in [-0.3, -0.25) is 9.59 Å². The van der Waals surface area contributed by atoms with Crippen LogP contribution in [-0.2, 0) is 11.3 Å². The van der Waals surface area contributed by atoms with E-state index < -0.39 is 11.9 Å². The predicted molar refractivity (Wildman–Crippen MR) is 64.6 cm³/mol. The quantitative estimate of drug-likeness (QED) is 0.820. The van der Waals surface area contributed by atoms with Gasteiger partial charge in [-0.2, -0.15) is 0 Å². The normalized spacial score (nSPS) is 10.2. The van der Waals surface area contributed by atoms with Gasteiger partial charge in [0.15, 0.2) is 5.69 Å². The summed E-state index contributed by atoms with van der Waals surface area (Å²) in [7, 11) is 0. The van der Waals surface area contributed by atoms with Crippen LogP contribution in [0.1, 0.15) is 16.1 Å². The first-order valence-electron chi connectivity index (χ1n) is 5.41. The van der Waals surface area contributed by atoms with E-state index in [1.165, 1.54) is 6.20 Å². The summed E-state index contributed by atoms with van der Waals surface area (Å²) in [5.74, 6) is -1.11. The van der Waals surface area contributed by atoms with Crippen LogP contribution in [0.4, 0.5) is 5.82 Å². The van der Waals surface area contributed by atoms with Crippen LogP contribution in [-0.4, -0.2) is 37.0 Å². The first kappa shape index (κ1) is 12.7. The number of nitrogens with zero attached hydrogens (tertiary/aromatic N) is 4. The summed E-state index contributed by atoms with van der Waals surface area (Å²) < 4.78 is 1.07. The summed E-state index contributed by atoms with van der Waals surface area (Å²) >= 11 is 0. The van der Waals surface area contributed by atoms with Crippen molar-refractivity contribution in [3.63, 3.8) is 0 Å². The Morgan fingerprint density at radius 2 is 2.26 bits per heavy atom. The number of carboxylic acids is 1. The molecule has 2 heterocycles. The first-order chi connectivity index (χ1) is 9.06. The number of aliphatic carboxylic acids is 1. The summed E-state index contributed by atoms with van der Waals surface area (Å²) in [5.41, 5.74) is 0.847. The summed E-state index contributed by atoms with van der Waals surface area (Å²) in [6.45, 7) is 1.47. The van der Waals surface area contributed by atoms with Gasteiger partial charge in [0.1, 0.15) is 12.4 Å². The molecule has 8 nitrogen and oxygen atoms in total.